The van der Waals surface area contributed by atoms with Crippen molar-refractivity contribution in [2.45, 2.75) is 32.2 Å². The van der Waals surface area contributed by atoms with Crippen molar-refractivity contribution in [2.24, 2.45) is 0 Å². The molecule has 2 heterocycles. The minimum atomic E-state index is 0.0620. The van der Waals surface area contributed by atoms with E-state index in [0.717, 1.165) is 35.9 Å². The van der Waals surface area contributed by atoms with E-state index >= 15 is 0 Å². The van der Waals surface area contributed by atoms with E-state index < -0.39 is 0 Å². The van der Waals surface area contributed by atoms with Gasteiger partial charge in [-0.2, -0.15) is 0 Å². The molecule has 0 aliphatic carbocycles. The lowest BCUT2D eigenvalue weighted by atomic mass is 9.99. The lowest BCUT2D eigenvalue weighted by Gasteiger charge is -2.15. The molecular formula is C17H22N4OS. The van der Waals surface area contributed by atoms with Gasteiger partial charge in [-0.3, -0.25) is 9.69 Å². The highest BCUT2D eigenvalue weighted by atomic mass is 32.1. The van der Waals surface area contributed by atoms with Gasteiger partial charge in [-0.15, -0.1) is 10.2 Å². The summed E-state index contributed by atoms with van der Waals surface area (Å²) in [5, 5.41) is 13.0. The smallest absolute Gasteiger partial charge is 0.234 e. The Hall–Kier alpha value is -1.79. The van der Waals surface area contributed by atoms with Crippen molar-refractivity contribution in [2.75, 3.05) is 19.6 Å². The highest BCUT2D eigenvalue weighted by Crippen LogP contribution is 2.26. The fraction of sp³-hybridized carbons (Fsp3) is 0.471. The third-order valence-corrected chi connectivity index (χ3v) is 5.23. The van der Waals surface area contributed by atoms with E-state index in [9.17, 15) is 4.79 Å². The average molecular weight is 330 g/mol. The summed E-state index contributed by atoms with van der Waals surface area (Å²) in [5.41, 5.74) is 1.37. The molecule has 0 spiro atoms. The number of nitrogens with zero attached hydrogens (tertiary/aromatic N) is 3. The van der Waals surface area contributed by atoms with E-state index in [4.69, 9.17) is 0 Å². The van der Waals surface area contributed by atoms with Crippen LogP contribution in [0.3, 0.4) is 0 Å². The van der Waals surface area contributed by atoms with Crippen LogP contribution in [-0.4, -0.2) is 40.6 Å². The number of nitrogens with one attached hydrogen (secondary N) is 1. The van der Waals surface area contributed by atoms with Crippen LogP contribution in [-0.2, 0) is 17.8 Å². The third kappa shape index (κ3) is 4.36. The molecule has 1 N–H and O–H groups in total. The van der Waals surface area contributed by atoms with Crippen molar-refractivity contribution >= 4 is 17.2 Å². The molecule has 1 aromatic heterocycles. The Morgan fingerprint density at radius 1 is 1.30 bits per heavy atom. The molecule has 0 unspecified atom stereocenters. The van der Waals surface area contributed by atoms with E-state index in [2.05, 4.69) is 51.6 Å². The van der Waals surface area contributed by atoms with Crippen molar-refractivity contribution in [1.29, 1.82) is 0 Å². The molecular weight excluding hydrogens is 308 g/mol. The molecule has 23 heavy (non-hydrogen) atoms. The highest BCUT2D eigenvalue weighted by Gasteiger charge is 2.25. The number of carbonyl (C=O) groups is 1. The van der Waals surface area contributed by atoms with Crippen LogP contribution < -0.4 is 5.32 Å². The van der Waals surface area contributed by atoms with Gasteiger partial charge in [0.05, 0.1) is 13.1 Å². The molecule has 1 atom stereocenters. The predicted molar refractivity (Wildman–Crippen MR) is 91.4 cm³/mol. The molecule has 1 aromatic carbocycles. The fourth-order valence-corrected chi connectivity index (χ4v) is 3.63. The standard InChI is InChI=1S/C17H22N4OS/c1-2-16-19-20-17(23-16)10-18-15(22)12-21-9-8-14(11-21)13-6-4-3-5-7-13/h3-7,14H,2,8-12H2,1H3,(H,18,22)/t14-/m1/s1. The molecule has 122 valence electrons. The van der Waals surface area contributed by atoms with Gasteiger partial charge < -0.3 is 5.32 Å². The Bertz CT molecular complexity index is 643. The maximum Gasteiger partial charge on any atom is 0.234 e. The van der Waals surface area contributed by atoms with Crippen LogP contribution >= 0.6 is 11.3 Å². The van der Waals surface area contributed by atoms with Crippen molar-refractivity contribution in [3.05, 3.63) is 45.9 Å². The maximum absolute atomic E-state index is 12.1. The first-order chi connectivity index (χ1) is 11.2. The number of likely N-dealkylation sites (tertiary alicyclic amines) is 1. The summed E-state index contributed by atoms with van der Waals surface area (Å²) < 4.78 is 0. The zero-order valence-corrected chi connectivity index (χ0v) is 14.2. The van der Waals surface area contributed by atoms with Crippen LogP contribution in [0.15, 0.2) is 30.3 Å². The van der Waals surface area contributed by atoms with E-state index in [1.165, 1.54) is 5.56 Å². The lowest BCUT2D eigenvalue weighted by Crippen LogP contribution is -2.35. The number of aromatic nitrogens is 2. The van der Waals surface area contributed by atoms with Crippen LogP contribution in [0.4, 0.5) is 0 Å². The Balaban J connectivity index is 1.44. The molecule has 0 radical (unpaired) electrons. The summed E-state index contributed by atoms with van der Waals surface area (Å²) in [7, 11) is 0. The molecule has 3 rings (SSSR count). The molecule has 2 aromatic rings. The van der Waals surface area contributed by atoms with Crippen molar-refractivity contribution in [3.63, 3.8) is 0 Å². The first kappa shape index (κ1) is 16.1. The van der Waals surface area contributed by atoms with Gasteiger partial charge in [-0.25, -0.2) is 0 Å². The highest BCUT2D eigenvalue weighted by molar-refractivity contribution is 7.11. The number of benzene rings is 1. The summed E-state index contributed by atoms with van der Waals surface area (Å²) in [6.45, 7) is 4.93. The minimum Gasteiger partial charge on any atom is -0.348 e. The molecule has 6 heteroatoms. The topological polar surface area (TPSA) is 58.1 Å². The van der Waals surface area contributed by atoms with Gasteiger partial charge in [0.1, 0.15) is 10.0 Å². The Kier molecular flexibility index (Phi) is 5.35. The lowest BCUT2D eigenvalue weighted by molar-refractivity contribution is -0.122. The number of rotatable bonds is 6. The largest absolute Gasteiger partial charge is 0.348 e. The van der Waals surface area contributed by atoms with E-state index in [1.54, 1.807) is 11.3 Å². The second kappa shape index (κ2) is 7.66. The first-order valence-electron chi connectivity index (χ1n) is 8.10. The van der Waals surface area contributed by atoms with Gasteiger partial charge in [0, 0.05) is 6.54 Å². The second-order valence-corrected chi connectivity index (χ2v) is 7.00. The van der Waals surface area contributed by atoms with Gasteiger partial charge in [0.15, 0.2) is 0 Å². The summed E-state index contributed by atoms with van der Waals surface area (Å²) >= 11 is 1.56. The van der Waals surface area contributed by atoms with E-state index in [1.807, 2.05) is 6.07 Å². The summed E-state index contributed by atoms with van der Waals surface area (Å²) in [4.78, 5) is 14.3. The molecule has 1 aliphatic rings. The SMILES string of the molecule is CCc1nnc(CNC(=O)CN2CC[C@@H](c3ccccc3)C2)s1. The Morgan fingerprint density at radius 2 is 2.09 bits per heavy atom. The predicted octanol–water partition coefficient (Wildman–Crippen LogP) is 2.21. The second-order valence-electron chi connectivity index (χ2n) is 5.85. The Labute approximate surface area is 140 Å². The molecule has 0 bridgehead atoms. The number of amides is 1. The molecule has 1 saturated heterocycles. The minimum absolute atomic E-state index is 0.0620. The molecule has 1 amide bonds. The van der Waals surface area contributed by atoms with Gasteiger partial charge in [0.2, 0.25) is 5.91 Å². The molecule has 1 aliphatic heterocycles. The Morgan fingerprint density at radius 3 is 2.83 bits per heavy atom. The average Bonchev–Trinajstić information content (AvgIpc) is 3.23. The van der Waals surface area contributed by atoms with Crippen LogP contribution in [0.25, 0.3) is 0 Å². The van der Waals surface area contributed by atoms with Gasteiger partial charge in [-0.1, -0.05) is 48.6 Å². The van der Waals surface area contributed by atoms with Crippen LogP contribution in [0.5, 0.6) is 0 Å². The summed E-state index contributed by atoms with van der Waals surface area (Å²) in [6, 6.07) is 10.6. The molecule has 1 fully saturated rings. The fourth-order valence-electron chi connectivity index (χ4n) is 2.91. The van der Waals surface area contributed by atoms with Crippen molar-refractivity contribution in [1.82, 2.24) is 20.4 Å². The van der Waals surface area contributed by atoms with Gasteiger partial charge in [-0.05, 0) is 30.9 Å². The van der Waals surface area contributed by atoms with Gasteiger partial charge >= 0.3 is 0 Å². The zero-order chi connectivity index (χ0) is 16.1. The number of hydrogen-bond donors (Lipinski definition) is 1. The normalized spacial score (nSPS) is 18.2. The number of hydrogen-bond acceptors (Lipinski definition) is 5. The third-order valence-electron chi connectivity index (χ3n) is 4.16. The van der Waals surface area contributed by atoms with Crippen LogP contribution in [0.1, 0.15) is 34.8 Å². The van der Waals surface area contributed by atoms with E-state index in [0.29, 0.717) is 19.0 Å². The van der Waals surface area contributed by atoms with Crippen molar-refractivity contribution < 1.29 is 4.79 Å². The zero-order valence-electron chi connectivity index (χ0n) is 13.4. The van der Waals surface area contributed by atoms with Gasteiger partial charge in [0.25, 0.3) is 0 Å². The maximum atomic E-state index is 12.1. The monoisotopic (exact) mass is 330 g/mol. The van der Waals surface area contributed by atoms with Crippen LogP contribution in [0.2, 0.25) is 0 Å². The first-order valence-corrected chi connectivity index (χ1v) is 8.91. The van der Waals surface area contributed by atoms with Crippen LogP contribution in [0, 0.1) is 0 Å². The molecule has 5 nitrogen and oxygen atoms in total. The number of aryl methyl sites for hydroxylation is 1. The number of carbonyl (C=O) groups excluding carboxylic acids is 1. The quantitative estimate of drug-likeness (QED) is 0.882. The van der Waals surface area contributed by atoms with Crippen molar-refractivity contribution in [3.8, 4) is 0 Å². The van der Waals surface area contributed by atoms with E-state index in [-0.39, 0.29) is 5.91 Å². The summed E-state index contributed by atoms with van der Waals surface area (Å²) in [5.74, 6) is 0.603. The molecule has 0 saturated carbocycles. The summed E-state index contributed by atoms with van der Waals surface area (Å²) in [6.07, 6.45) is 2.01.